The fourth-order valence-electron chi connectivity index (χ4n) is 4.74. The fraction of sp³-hybridized carbons (Fsp3) is 0.333. The second-order valence-electron chi connectivity index (χ2n) is 9.11. The van der Waals surface area contributed by atoms with Crippen LogP contribution in [0.2, 0.25) is 0 Å². The van der Waals surface area contributed by atoms with Crippen molar-refractivity contribution in [1.82, 2.24) is 0 Å². The van der Waals surface area contributed by atoms with Gasteiger partial charge in [-0.25, -0.2) is 0 Å². The minimum Gasteiger partial charge on any atom is -0.377 e. The summed E-state index contributed by atoms with van der Waals surface area (Å²) in [5.41, 5.74) is 16.5. The van der Waals surface area contributed by atoms with Gasteiger partial charge in [0.1, 0.15) is 0 Å². The van der Waals surface area contributed by atoms with Gasteiger partial charge in [0.15, 0.2) is 0 Å². The molecule has 0 spiro atoms. The first-order valence-electron chi connectivity index (χ1n) is 13.0. The predicted octanol–water partition coefficient (Wildman–Crippen LogP) is 7.56. The van der Waals surface area contributed by atoms with Crippen molar-refractivity contribution in [3.63, 3.8) is 0 Å². The Labute approximate surface area is 217 Å². The number of methoxy groups -OCH3 is 1. The van der Waals surface area contributed by atoms with Crippen LogP contribution in [0.25, 0.3) is 6.08 Å². The number of allylic oxidation sites excluding steroid dienone is 6. The molecule has 188 valence electrons. The summed E-state index contributed by atoms with van der Waals surface area (Å²) < 4.78 is 5.88. The lowest BCUT2D eigenvalue weighted by Gasteiger charge is -2.17. The first-order valence-corrected chi connectivity index (χ1v) is 13.0. The van der Waals surface area contributed by atoms with Crippen LogP contribution in [-0.2, 0) is 17.6 Å². The first-order chi connectivity index (χ1) is 17.7. The first kappa shape index (κ1) is 27.4. The molecule has 0 bridgehead atoms. The van der Waals surface area contributed by atoms with Gasteiger partial charge in [0.2, 0.25) is 0 Å². The lowest BCUT2D eigenvalue weighted by Crippen LogP contribution is -2.12. The molecular formula is C33H40N2O. The zero-order chi connectivity index (χ0) is 25.8. The molecule has 1 heterocycles. The normalized spacial score (nSPS) is 17.1. The number of aliphatic imine (C=N–C) groups is 1. The molecule has 36 heavy (non-hydrogen) atoms. The number of benzene rings is 2. The number of nitrogens with zero attached hydrogens (tertiary/aromatic N) is 1. The number of hydrogen-bond acceptors (Lipinski definition) is 3. The summed E-state index contributed by atoms with van der Waals surface area (Å²) in [6.45, 7) is 4.34. The molecule has 0 aromatic heterocycles. The highest BCUT2D eigenvalue weighted by atomic mass is 16.5. The molecule has 0 saturated heterocycles. The number of ether oxygens (including phenoxy) is 1. The summed E-state index contributed by atoms with van der Waals surface area (Å²) in [7, 11) is 3.31. The van der Waals surface area contributed by atoms with Crippen LogP contribution in [0.4, 0.5) is 0 Å². The maximum absolute atomic E-state index is 5.88. The van der Waals surface area contributed by atoms with E-state index in [0.717, 1.165) is 49.1 Å². The van der Waals surface area contributed by atoms with Crippen molar-refractivity contribution in [3.8, 4) is 0 Å². The van der Waals surface area contributed by atoms with E-state index in [9.17, 15) is 0 Å². The standard InChI is InChI=1S/C32H35NO.CH5N/c1-4-26-12-5-6-13-27(26)20-21-32(34-3)29-15-7-10-25(23-29)11-8-16-30-17-9-14-28-19-18-24(2)22-31(28)33-30;1-2/h5-7,10-13,15-19,22-23,28,32H,4,9,14,20-21H2,1-3H3;2H2,1H3. The molecule has 1 aliphatic carbocycles. The van der Waals surface area contributed by atoms with Gasteiger partial charge in [0.25, 0.3) is 0 Å². The Morgan fingerprint density at radius 2 is 1.92 bits per heavy atom. The van der Waals surface area contributed by atoms with Crippen molar-refractivity contribution in [2.75, 3.05) is 14.2 Å². The Balaban J connectivity index is 0.00000176. The third-order valence-electron chi connectivity index (χ3n) is 6.66. The average Bonchev–Trinajstić information content (AvgIpc) is 3.12. The number of rotatable bonds is 8. The molecule has 0 amide bonds. The van der Waals surface area contributed by atoms with E-state index < -0.39 is 0 Å². The molecule has 3 heteroatoms. The zero-order valence-electron chi connectivity index (χ0n) is 22.2. The molecule has 2 atom stereocenters. The Morgan fingerprint density at radius 3 is 2.69 bits per heavy atom. The molecule has 0 saturated carbocycles. The summed E-state index contributed by atoms with van der Waals surface area (Å²) in [5.74, 6) is 0.432. The molecule has 3 nitrogen and oxygen atoms in total. The molecule has 0 fully saturated rings. The van der Waals surface area contributed by atoms with Gasteiger partial charge in [-0.3, -0.25) is 4.99 Å². The number of nitrogens with two attached hydrogens (primary N) is 1. The number of hydrogen-bond donors (Lipinski definition) is 1. The van der Waals surface area contributed by atoms with Gasteiger partial charge in [0, 0.05) is 24.8 Å². The van der Waals surface area contributed by atoms with Crippen LogP contribution in [-0.4, -0.2) is 19.9 Å². The third kappa shape index (κ3) is 7.63. The average molecular weight is 481 g/mol. The Kier molecular flexibility index (Phi) is 10.9. The Hall–Kier alpha value is -3.23. The molecule has 1 aliphatic heterocycles. The zero-order valence-corrected chi connectivity index (χ0v) is 22.2. The van der Waals surface area contributed by atoms with Gasteiger partial charge in [-0.15, -0.1) is 5.73 Å². The third-order valence-corrected chi connectivity index (χ3v) is 6.66. The molecule has 0 radical (unpaired) electrons. The molecule has 2 aromatic rings. The van der Waals surface area contributed by atoms with Crippen molar-refractivity contribution < 1.29 is 4.74 Å². The van der Waals surface area contributed by atoms with Crippen LogP contribution < -0.4 is 5.73 Å². The van der Waals surface area contributed by atoms with E-state index in [2.05, 4.69) is 98.1 Å². The molecule has 2 N–H and O–H groups in total. The van der Waals surface area contributed by atoms with E-state index in [0.29, 0.717) is 5.92 Å². The highest BCUT2D eigenvalue weighted by Gasteiger charge is 2.16. The topological polar surface area (TPSA) is 47.6 Å². The Morgan fingerprint density at radius 1 is 1.11 bits per heavy atom. The van der Waals surface area contributed by atoms with Gasteiger partial charge in [-0.1, -0.05) is 67.6 Å². The highest BCUT2D eigenvalue weighted by molar-refractivity contribution is 6.01. The van der Waals surface area contributed by atoms with Gasteiger partial charge in [0.05, 0.1) is 11.8 Å². The second-order valence-corrected chi connectivity index (χ2v) is 9.11. The minimum atomic E-state index is 0.0736. The monoisotopic (exact) mass is 480 g/mol. The van der Waals surface area contributed by atoms with Crippen LogP contribution in [0.1, 0.15) is 61.5 Å². The van der Waals surface area contributed by atoms with Crippen molar-refractivity contribution >= 4 is 11.8 Å². The van der Waals surface area contributed by atoms with E-state index >= 15 is 0 Å². The van der Waals surface area contributed by atoms with Crippen LogP contribution >= 0.6 is 0 Å². The van der Waals surface area contributed by atoms with E-state index in [-0.39, 0.29) is 6.10 Å². The molecule has 2 aromatic carbocycles. The summed E-state index contributed by atoms with van der Waals surface area (Å²) in [4.78, 5) is 4.90. The summed E-state index contributed by atoms with van der Waals surface area (Å²) in [5, 5.41) is 0. The Bertz CT molecular complexity index is 1190. The van der Waals surface area contributed by atoms with Crippen molar-refractivity contribution in [1.29, 1.82) is 0 Å². The van der Waals surface area contributed by atoms with Gasteiger partial charge in [-0.05, 0) is 92.1 Å². The lowest BCUT2D eigenvalue weighted by atomic mass is 9.92. The van der Waals surface area contributed by atoms with Crippen LogP contribution in [0, 0.1) is 5.92 Å². The van der Waals surface area contributed by atoms with E-state index in [1.165, 1.54) is 29.3 Å². The molecule has 2 aliphatic rings. The summed E-state index contributed by atoms with van der Waals surface area (Å²) in [6, 6.07) is 17.3. The SMILES string of the molecule is CCc1ccccc1CCC(OC)c1cccc(C=C=CC2=CCCC3C=CC(C)=CC3=N2)c1.CN. The van der Waals surface area contributed by atoms with Crippen LogP contribution in [0.15, 0.2) is 101 Å². The van der Waals surface area contributed by atoms with Crippen LogP contribution in [0.3, 0.4) is 0 Å². The highest BCUT2D eigenvalue weighted by Crippen LogP contribution is 2.26. The second kappa shape index (κ2) is 14.4. The summed E-state index contributed by atoms with van der Waals surface area (Å²) in [6.07, 6.45) is 18.2. The van der Waals surface area contributed by atoms with Crippen molar-refractivity contribution in [2.45, 2.75) is 52.1 Å². The van der Waals surface area contributed by atoms with Gasteiger partial charge >= 0.3 is 0 Å². The molecule has 2 unspecified atom stereocenters. The number of aryl methyl sites for hydroxylation is 2. The quantitative estimate of drug-likeness (QED) is 0.396. The predicted molar refractivity (Wildman–Crippen MR) is 154 cm³/mol. The van der Waals surface area contributed by atoms with Gasteiger partial charge in [-0.2, -0.15) is 0 Å². The smallest absolute Gasteiger partial charge is 0.0824 e. The van der Waals surface area contributed by atoms with E-state index in [1.807, 2.05) is 12.2 Å². The maximum Gasteiger partial charge on any atom is 0.0824 e. The lowest BCUT2D eigenvalue weighted by molar-refractivity contribution is 0.0959. The maximum atomic E-state index is 5.88. The minimum absolute atomic E-state index is 0.0736. The fourth-order valence-corrected chi connectivity index (χ4v) is 4.74. The molecule has 4 rings (SSSR count). The van der Waals surface area contributed by atoms with E-state index in [1.54, 1.807) is 7.11 Å². The van der Waals surface area contributed by atoms with Crippen molar-refractivity contribution in [2.24, 2.45) is 16.6 Å². The number of fused-ring (bicyclic) bond motifs is 1. The largest absolute Gasteiger partial charge is 0.377 e. The molecular weight excluding hydrogens is 440 g/mol. The van der Waals surface area contributed by atoms with Gasteiger partial charge < -0.3 is 10.5 Å². The van der Waals surface area contributed by atoms with Crippen molar-refractivity contribution in [3.05, 3.63) is 118 Å². The van der Waals surface area contributed by atoms with Crippen LogP contribution in [0.5, 0.6) is 0 Å². The van der Waals surface area contributed by atoms with E-state index in [4.69, 9.17) is 9.73 Å². The summed E-state index contributed by atoms with van der Waals surface area (Å²) >= 11 is 0.